The smallest absolute Gasteiger partial charge is 0.00965 e. The average molecular weight is 224 g/mol. The molecule has 0 heterocycles. The minimum Gasteiger partial charge on any atom is -0.312 e. The zero-order valence-electron chi connectivity index (χ0n) is 11.3. The Kier molecular flexibility index (Phi) is 3.91. The van der Waals surface area contributed by atoms with Crippen LogP contribution in [0.2, 0.25) is 0 Å². The van der Waals surface area contributed by atoms with Crippen molar-refractivity contribution < 1.29 is 0 Å². The molecule has 2 fully saturated rings. The number of nitrogens with zero attached hydrogens (tertiary/aromatic N) is 1. The van der Waals surface area contributed by atoms with Gasteiger partial charge in [-0.25, -0.2) is 0 Å². The first-order chi connectivity index (χ1) is 7.54. The van der Waals surface area contributed by atoms with E-state index in [1.165, 1.54) is 45.2 Å². The highest BCUT2D eigenvalue weighted by atomic mass is 15.2. The Labute approximate surface area is 101 Å². The lowest BCUT2D eigenvalue weighted by atomic mass is 10.1. The van der Waals surface area contributed by atoms with Crippen LogP contribution in [0.3, 0.4) is 0 Å². The van der Waals surface area contributed by atoms with Gasteiger partial charge in [-0.05, 0) is 71.9 Å². The van der Waals surface area contributed by atoms with Crippen LogP contribution in [-0.4, -0.2) is 36.1 Å². The Morgan fingerprint density at radius 3 is 2.31 bits per heavy atom. The molecule has 2 rings (SSSR count). The molecule has 0 amide bonds. The van der Waals surface area contributed by atoms with Gasteiger partial charge in [0.1, 0.15) is 0 Å². The maximum atomic E-state index is 3.58. The standard InChI is InChI=1S/C14H28N2/c1-14(2,3)15-9-4-10-16(13-7-8-13)11-12-5-6-12/h12-13,15H,4-11H2,1-3H3. The van der Waals surface area contributed by atoms with E-state index in [9.17, 15) is 0 Å². The van der Waals surface area contributed by atoms with Crippen LogP contribution in [-0.2, 0) is 0 Å². The minimum absolute atomic E-state index is 0.279. The third kappa shape index (κ3) is 4.84. The van der Waals surface area contributed by atoms with Crippen molar-refractivity contribution in [3.05, 3.63) is 0 Å². The molecule has 16 heavy (non-hydrogen) atoms. The molecule has 0 saturated heterocycles. The second-order valence-electron chi connectivity index (χ2n) is 6.70. The van der Waals surface area contributed by atoms with Crippen molar-refractivity contribution >= 4 is 0 Å². The van der Waals surface area contributed by atoms with Crippen LogP contribution >= 0.6 is 0 Å². The molecule has 0 spiro atoms. The van der Waals surface area contributed by atoms with Gasteiger partial charge < -0.3 is 10.2 Å². The molecular weight excluding hydrogens is 196 g/mol. The van der Waals surface area contributed by atoms with E-state index in [2.05, 4.69) is 31.0 Å². The summed E-state index contributed by atoms with van der Waals surface area (Å²) in [6.07, 6.45) is 7.20. The highest BCUT2D eigenvalue weighted by Gasteiger charge is 2.33. The Bertz CT molecular complexity index is 211. The first kappa shape index (κ1) is 12.4. The zero-order chi connectivity index (χ0) is 11.6. The SMILES string of the molecule is CC(C)(C)NCCCN(CC1CC1)C1CC1. The van der Waals surface area contributed by atoms with Crippen LogP contribution in [0.5, 0.6) is 0 Å². The molecule has 2 saturated carbocycles. The summed E-state index contributed by atoms with van der Waals surface area (Å²) in [6.45, 7) is 10.6. The Hall–Kier alpha value is -0.0800. The summed E-state index contributed by atoms with van der Waals surface area (Å²) in [7, 11) is 0. The van der Waals surface area contributed by atoms with Gasteiger partial charge in [-0.15, -0.1) is 0 Å². The molecule has 0 aromatic heterocycles. The fourth-order valence-corrected chi connectivity index (χ4v) is 2.24. The normalized spacial score (nSPS) is 21.8. The van der Waals surface area contributed by atoms with Gasteiger partial charge in [0.05, 0.1) is 0 Å². The molecule has 0 aromatic carbocycles. The van der Waals surface area contributed by atoms with Gasteiger partial charge in [-0.1, -0.05) is 0 Å². The Balaban J connectivity index is 1.58. The van der Waals surface area contributed by atoms with Crippen molar-refractivity contribution in [2.24, 2.45) is 5.92 Å². The van der Waals surface area contributed by atoms with Crippen LogP contribution in [0.25, 0.3) is 0 Å². The Morgan fingerprint density at radius 2 is 1.81 bits per heavy atom. The van der Waals surface area contributed by atoms with Crippen molar-refractivity contribution in [1.29, 1.82) is 0 Å². The summed E-state index contributed by atoms with van der Waals surface area (Å²) in [5.41, 5.74) is 0.279. The molecule has 0 unspecified atom stereocenters. The molecule has 2 nitrogen and oxygen atoms in total. The second-order valence-corrected chi connectivity index (χ2v) is 6.70. The highest BCUT2D eigenvalue weighted by Crippen LogP contribution is 2.34. The lowest BCUT2D eigenvalue weighted by molar-refractivity contribution is 0.245. The molecule has 0 radical (unpaired) electrons. The molecule has 1 N–H and O–H groups in total. The lowest BCUT2D eigenvalue weighted by Crippen LogP contribution is -2.38. The highest BCUT2D eigenvalue weighted by molar-refractivity contribution is 4.88. The maximum absolute atomic E-state index is 3.58. The zero-order valence-corrected chi connectivity index (χ0v) is 11.3. The third-order valence-electron chi connectivity index (χ3n) is 3.53. The number of rotatable bonds is 7. The van der Waals surface area contributed by atoms with Crippen molar-refractivity contribution in [3.8, 4) is 0 Å². The molecular formula is C14H28N2. The van der Waals surface area contributed by atoms with Gasteiger partial charge in [0.25, 0.3) is 0 Å². The number of hydrogen-bond donors (Lipinski definition) is 1. The first-order valence-electron chi connectivity index (χ1n) is 7.04. The average Bonchev–Trinajstić information content (AvgIpc) is 2.97. The topological polar surface area (TPSA) is 15.3 Å². The summed E-state index contributed by atoms with van der Waals surface area (Å²) in [5, 5.41) is 3.58. The predicted molar refractivity (Wildman–Crippen MR) is 69.7 cm³/mol. The largest absolute Gasteiger partial charge is 0.312 e. The van der Waals surface area contributed by atoms with E-state index in [-0.39, 0.29) is 5.54 Å². The van der Waals surface area contributed by atoms with Crippen LogP contribution < -0.4 is 5.32 Å². The summed E-state index contributed by atoms with van der Waals surface area (Å²) < 4.78 is 0. The van der Waals surface area contributed by atoms with Gasteiger partial charge in [-0.3, -0.25) is 0 Å². The van der Waals surface area contributed by atoms with Crippen LogP contribution in [0.1, 0.15) is 52.9 Å². The van der Waals surface area contributed by atoms with E-state index < -0.39 is 0 Å². The predicted octanol–water partition coefficient (Wildman–Crippen LogP) is 2.64. The summed E-state index contributed by atoms with van der Waals surface area (Å²) >= 11 is 0. The number of nitrogens with one attached hydrogen (secondary N) is 1. The minimum atomic E-state index is 0.279. The van der Waals surface area contributed by atoms with Crippen LogP contribution in [0.15, 0.2) is 0 Å². The van der Waals surface area contributed by atoms with E-state index in [0.29, 0.717) is 0 Å². The van der Waals surface area contributed by atoms with Gasteiger partial charge in [0.2, 0.25) is 0 Å². The second kappa shape index (κ2) is 5.05. The van der Waals surface area contributed by atoms with E-state index in [1.54, 1.807) is 0 Å². The molecule has 94 valence electrons. The molecule has 0 aromatic rings. The van der Waals surface area contributed by atoms with E-state index in [1.807, 2.05) is 0 Å². The van der Waals surface area contributed by atoms with Gasteiger partial charge in [0, 0.05) is 18.1 Å². The fraction of sp³-hybridized carbons (Fsp3) is 1.00. The molecule has 2 aliphatic rings. The van der Waals surface area contributed by atoms with Crippen molar-refractivity contribution in [2.75, 3.05) is 19.6 Å². The third-order valence-corrected chi connectivity index (χ3v) is 3.53. The molecule has 2 aliphatic carbocycles. The summed E-state index contributed by atoms with van der Waals surface area (Å²) in [6, 6.07) is 0.954. The van der Waals surface area contributed by atoms with Gasteiger partial charge in [-0.2, -0.15) is 0 Å². The summed E-state index contributed by atoms with van der Waals surface area (Å²) in [4.78, 5) is 2.75. The van der Waals surface area contributed by atoms with Gasteiger partial charge in [0.15, 0.2) is 0 Å². The molecule has 0 atom stereocenters. The van der Waals surface area contributed by atoms with Crippen molar-refractivity contribution in [2.45, 2.75) is 64.5 Å². The quantitative estimate of drug-likeness (QED) is 0.669. The summed E-state index contributed by atoms with van der Waals surface area (Å²) in [5.74, 6) is 1.05. The van der Waals surface area contributed by atoms with Crippen LogP contribution in [0, 0.1) is 5.92 Å². The maximum Gasteiger partial charge on any atom is 0.00965 e. The molecule has 2 heteroatoms. The van der Waals surface area contributed by atoms with Crippen molar-refractivity contribution in [1.82, 2.24) is 10.2 Å². The van der Waals surface area contributed by atoms with Crippen molar-refractivity contribution in [3.63, 3.8) is 0 Å². The van der Waals surface area contributed by atoms with E-state index in [4.69, 9.17) is 0 Å². The monoisotopic (exact) mass is 224 g/mol. The molecule has 0 aliphatic heterocycles. The lowest BCUT2D eigenvalue weighted by Gasteiger charge is -2.24. The van der Waals surface area contributed by atoms with Crippen LogP contribution in [0.4, 0.5) is 0 Å². The number of hydrogen-bond acceptors (Lipinski definition) is 2. The Morgan fingerprint density at radius 1 is 1.12 bits per heavy atom. The van der Waals surface area contributed by atoms with E-state index >= 15 is 0 Å². The van der Waals surface area contributed by atoms with E-state index in [0.717, 1.165) is 18.5 Å². The molecule has 0 bridgehead atoms. The van der Waals surface area contributed by atoms with Gasteiger partial charge >= 0.3 is 0 Å². The fourth-order valence-electron chi connectivity index (χ4n) is 2.24. The first-order valence-corrected chi connectivity index (χ1v) is 7.04.